The van der Waals surface area contributed by atoms with Crippen LogP contribution in [0.25, 0.3) is 11.4 Å². The summed E-state index contributed by atoms with van der Waals surface area (Å²) in [5, 5.41) is 0. The molecule has 0 aliphatic heterocycles. The summed E-state index contributed by atoms with van der Waals surface area (Å²) < 4.78 is 0. The number of nitrogens with zero attached hydrogens (tertiary/aromatic N) is 1. The molecule has 0 aliphatic carbocycles. The van der Waals surface area contributed by atoms with E-state index in [0.29, 0.717) is 5.88 Å². The first-order valence-electron chi connectivity index (χ1n) is 4.90. The van der Waals surface area contributed by atoms with Crippen LogP contribution in [0.3, 0.4) is 0 Å². The van der Waals surface area contributed by atoms with Crippen LogP contribution in [0.15, 0.2) is 24.3 Å². The van der Waals surface area contributed by atoms with E-state index in [1.807, 2.05) is 19.1 Å². The van der Waals surface area contributed by atoms with Gasteiger partial charge in [-0.2, -0.15) is 0 Å². The molecule has 2 nitrogen and oxygen atoms in total. The molecule has 78 valence electrons. The predicted molar refractivity (Wildman–Crippen MR) is 63.1 cm³/mol. The van der Waals surface area contributed by atoms with Crippen molar-refractivity contribution < 1.29 is 0 Å². The zero-order chi connectivity index (χ0) is 10.8. The quantitative estimate of drug-likeness (QED) is 0.772. The number of rotatable bonds is 2. The van der Waals surface area contributed by atoms with Gasteiger partial charge in [0.2, 0.25) is 0 Å². The Hall–Kier alpha value is -1.28. The molecule has 0 fully saturated rings. The molecular weight excluding hydrogens is 208 g/mol. The van der Waals surface area contributed by atoms with Crippen LogP contribution in [0.1, 0.15) is 17.0 Å². The normalized spacial score (nSPS) is 10.6. The van der Waals surface area contributed by atoms with Gasteiger partial charge in [0.1, 0.15) is 5.82 Å². The monoisotopic (exact) mass is 220 g/mol. The molecular formula is C12H13ClN2. The zero-order valence-corrected chi connectivity index (χ0v) is 9.60. The highest BCUT2D eigenvalue weighted by Crippen LogP contribution is 2.21. The number of hydrogen-bond donors (Lipinski definition) is 1. The van der Waals surface area contributed by atoms with E-state index in [1.54, 1.807) is 0 Å². The molecule has 0 radical (unpaired) electrons. The van der Waals surface area contributed by atoms with E-state index in [2.05, 4.69) is 29.0 Å². The lowest BCUT2D eigenvalue weighted by atomic mass is 10.1. The van der Waals surface area contributed by atoms with Crippen LogP contribution in [-0.4, -0.2) is 9.97 Å². The molecule has 0 amide bonds. The van der Waals surface area contributed by atoms with E-state index < -0.39 is 0 Å². The van der Waals surface area contributed by atoms with Crippen molar-refractivity contribution in [3.63, 3.8) is 0 Å². The van der Waals surface area contributed by atoms with E-state index in [1.165, 1.54) is 5.56 Å². The van der Waals surface area contributed by atoms with E-state index in [0.717, 1.165) is 22.8 Å². The number of H-pyrrole nitrogens is 1. The van der Waals surface area contributed by atoms with Gasteiger partial charge in [-0.05, 0) is 19.4 Å². The fourth-order valence-corrected chi connectivity index (χ4v) is 1.85. The van der Waals surface area contributed by atoms with Gasteiger partial charge in [-0.15, -0.1) is 11.6 Å². The lowest BCUT2D eigenvalue weighted by Crippen LogP contribution is -1.84. The Morgan fingerprint density at radius 3 is 2.60 bits per heavy atom. The molecule has 3 heteroatoms. The molecule has 0 bridgehead atoms. The van der Waals surface area contributed by atoms with Gasteiger partial charge in [-0.25, -0.2) is 4.98 Å². The second-order valence-electron chi connectivity index (χ2n) is 3.61. The molecule has 0 aliphatic rings. The lowest BCUT2D eigenvalue weighted by Gasteiger charge is -2.00. The van der Waals surface area contributed by atoms with Crippen LogP contribution in [0.5, 0.6) is 0 Å². The molecule has 1 N–H and O–H groups in total. The van der Waals surface area contributed by atoms with Gasteiger partial charge in [0.25, 0.3) is 0 Å². The Morgan fingerprint density at radius 2 is 2.00 bits per heavy atom. The summed E-state index contributed by atoms with van der Waals surface area (Å²) in [6, 6.07) is 8.18. The van der Waals surface area contributed by atoms with Gasteiger partial charge < -0.3 is 4.98 Å². The van der Waals surface area contributed by atoms with Gasteiger partial charge in [0.05, 0.1) is 11.6 Å². The molecule has 1 aromatic carbocycles. The SMILES string of the molecule is Cc1ccccc1-c1nc(CCl)c(C)[nH]1. The second kappa shape index (κ2) is 4.07. The van der Waals surface area contributed by atoms with Crippen molar-refractivity contribution in [2.45, 2.75) is 19.7 Å². The average Bonchev–Trinajstić information content (AvgIpc) is 2.60. The molecule has 0 saturated heterocycles. The Kier molecular flexibility index (Phi) is 2.78. The summed E-state index contributed by atoms with van der Waals surface area (Å²) in [6.07, 6.45) is 0. The summed E-state index contributed by atoms with van der Waals surface area (Å²) in [5.41, 5.74) is 4.32. The van der Waals surface area contributed by atoms with E-state index in [-0.39, 0.29) is 0 Å². The molecule has 15 heavy (non-hydrogen) atoms. The van der Waals surface area contributed by atoms with Crippen LogP contribution < -0.4 is 0 Å². The summed E-state index contributed by atoms with van der Waals surface area (Å²) in [5.74, 6) is 1.36. The van der Waals surface area contributed by atoms with Crippen LogP contribution in [0, 0.1) is 13.8 Å². The molecule has 0 atom stereocenters. The van der Waals surface area contributed by atoms with E-state index in [4.69, 9.17) is 11.6 Å². The number of benzene rings is 1. The molecule has 1 heterocycles. The molecule has 2 aromatic rings. The van der Waals surface area contributed by atoms with Crippen molar-refractivity contribution >= 4 is 11.6 Å². The fourth-order valence-electron chi connectivity index (χ4n) is 1.59. The van der Waals surface area contributed by atoms with Crippen molar-refractivity contribution in [1.82, 2.24) is 9.97 Å². The summed E-state index contributed by atoms with van der Waals surface area (Å²) in [7, 11) is 0. The molecule has 0 unspecified atom stereocenters. The number of nitrogens with one attached hydrogen (secondary N) is 1. The van der Waals surface area contributed by atoms with Gasteiger partial charge in [0, 0.05) is 11.3 Å². The van der Waals surface area contributed by atoms with Crippen molar-refractivity contribution in [3.05, 3.63) is 41.2 Å². The largest absolute Gasteiger partial charge is 0.342 e. The van der Waals surface area contributed by atoms with Gasteiger partial charge in [-0.1, -0.05) is 24.3 Å². The minimum absolute atomic E-state index is 0.453. The maximum absolute atomic E-state index is 5.79. The van der Waals surface area contributed by atoms with Gasteiger partial charge in [0.15, 0.2) is 0 Å². The van der Waals surface area contributed by atoms with Crippen LogP contribution in [0.4, 0.5) is 0 Å². The summed E-state index contributed by atoms with van der Waals surface area (Å²) >= 11 is 5.79. The van der Waals surface area contributed by atoms with E-state index >= 15 is 0 Å². The first-order chi connectivity index (χ1) is 7.22. The highest BCUT2D eigenvalue weighted by molar-refractivity contribution is 6.17. The number of hydrogen-bond acceptors (Lipinski definition) is 1. The molecule has 1 aromatic heterocycles. The van der Waals surface area contributed by atoms with Crippen molar-refractivity contribution in [3.8, 4) is 11.4 Å². The lowest BCUT2D eigenvalue weighted by molar-refractivity contribution is 1.18. The number of aromatic nitrogens is 2. The first-order valence-corrected chi connectivity index (χ1v) is 5.43. The van der Waals surface area contributed by atoms with Crippen LogP contribution in [-0.2, 0) is 5.88 Å². The van der Waals surface area contributed by atoms with Gasteiger partial charge in [-0.3, -0.25) is 0 Å². The maximum atomic E-state index is 5.79. The average molecular weight is 221 g/mol. The smallest absolute Gasteiger partial charge is 0.138 e. The summed E-state index contributed by atoms with van der Waals surface area (Å²) in [4.78, 5) is 7.73. The zero-order valence-electron chi connectivity index (χ0n) is 8.84. The topological polar surface area (TPSA) is 28.7 Å². The van der Waals surface area contributed by atoms with Crippen molar-refractivity contribution in [2.24, 2.45) is 0 Å². The minimum atomic E-state index is 0.453. The second-order valence-corrected chi connectivity index (χ2v) is 3.87. The number of alkyl halides is 1. The van der Waals surface area contributed by atoms with Gasteiger partial charge >= 0.3 is 0 Å². The van der Waals surface area contributed by atoms with Crippen molar-refractivity contribution in [2.75, 3.05) is 0 Å². The predicted octanol–water partition coefficient (Wildman–Crippen LogP) is 3.43. The molecule has 0 saturated carbocycles. The maximum Gasteiger partial charge on any atom is 0.138 e. The minimum Gasteiger partial charge on any atom is -0.342 e. The van der Waals surface area contributed by atoms with Crippen LogP contribution in [0.2, 0.25) is 0 Å². The Morgan fingerprint density at radius 1 is 1.27 bits per heavy atom. The number of imidazole rings is 1. The van der Waals surface area contributed by atoms with Crippen LogP contribution >= 0.6 is 11.6 Å². The third kappa shape index (κ3) is 1.90. The highest BCUT2D eigenvalue weighted by Gasteiger charge is 2.08. The standard InChI is InChI=1S/C12H13ClN2/c1-8-5-3-4-6-10(8)12-14-9(2)11(7-13)15-12/h3-6H,7H2,1-2H3,(H,14,15). The number of halogens is 1. The highest BCUT2D eigenvalue weighted by atomic mass is 35.5. The number of aryl methyl sites for hydroxylation is 2. The number of aromatic amines is 1. The fraction of sp³-hybridized carbons (Fsp3) is 0.250. The summed E-state index contributed by atoms with van der Waals surface area (Å²) in [6.45, 7) is 4.07. The third-order valence-electron chi connectivity index (χ3n) is 2.51. The first kappa shape index (κ1) is 10.2. The molecule has 2 rings (SSSR count). The molecule has 0 spiro atoms. The Labute approximate surface area is 94.3 Å². The third-order valence-corrected chi connectivity index (χ3v) is 2.77. The van der Waals surface area contributed by atoms with Crippen molar-refractivity contribution in [1.29, 1.82) is 0 Å². The Bertz CT molecular complexity index is 474. The Balaban J connectivity index is 2.50. The van der Waals surface area contributed by atoms with E-state index in [9.17, 15) is 0 Å².